The van der Waals surface area contributed by atoms with Gasteiger partial charge in [-0.25, -0.2) is 4.98 Å². The quantitative estimate of drug-likeness (QED) is 0.562. The van der Waals surface area contributed by atoms with E-state index >= 15 is 0 Å². The Morgan fingerprint density at radius 3 is 2.70 bits per heavy atom. The van der Waals surface area contributed by atoms with Gasteiger partial charge in [0.25, 0.3) is 0 Å². The summed E-state index contributed by atoms with van der Waals surface area (Å²) in [5.41, 5.74) is 2.09. The number of hydrogen-bond donors (Lipinski definition) is 0. The predicted octanol–water partition coefficient (Wildman–Crippen LogP) is 4.42. The highest BCUT2D eigenvalue weighted by molar-refractivity contribution is 9.10. The fourth-order valence-corrected chi connectivity index (χ4v) is 4.62. The molecular weight excluding hydrogens is 422 g/mol. The Morgan fingerprint density at radius 1 is 1.11 bits per heavy atom. The van der Waals surface area contributed by atoms with E-state index in [0.717, 1.165) is 53.3 Å². The summed E-state index contributed by atoms with van der Waals surface area (Å²) in [6.45, 7) is 4.13. The molecule has 1 fully saturated rings. The molecule has 0 aliphatic carbocycles. The van der Waals surface area contributed by atoms with Crippen LogP contribution >= 0.6 is 27.3 Å². The number of piperazine rings is 1. The molecule has 4 rings (SSSR count). The summed E-state index contributed by atoms with van der Waals surface area (Å²) in [5.74, 6) is 0.0783. The molecule has 4 nitrogen and oxygen atoms in total. The fourth-order valence-electron chi connectivity index (χ4n) is 3.19. The molecule has 0 saturated carbocycles. The van der Waals surface area contributed by atoms with E-state index in [4.69, 9.17) is 4.98 Å². The molecule has 27 heavy (non-hydrogen) atoms. The van der Waals surface area contributed by atoms with E-state index in [9.17, 15) is 4.79 Å². The molecule has 0 N–H and O–H groups in total. The molecule has 0 unspecified atom stereocenters. The first-order chi connectivity index (χ1) is 13.2. The van der Waals surface area contributed by atoms with Crippen LogP contribution < -0.4 is 0 Å². The minimum Gasteiger partial charge on any atom is -0.337 e. The topological polar surface area (TPSA) is 36.4 Å². The van der Waals surface area contributed by atoms with Crippen molar-refractivity contribution in [1.29, 1.82) is 0 Å². The molecule has 1 saturated heterocycles. The molecule has 0 bridgehead atoms. The number of aromatic nitrogens is 1. The van der Waals surface area contributed by atoms with Gasteiger partial charge < -0.3 is 4.90 Å². The number of benzene rings is 2. The second-order valence-corrected chi connectivity index (χ2v) is 8.60. The lowest BCUT2D eigenvalue weighted by Gasteiger charge is -2.33. The number of carbonyl (C=O) groups is 1. The van der Waals surface area contributed by atoms with Crippen molar-refractivity contribution in [2.24, 2.45) is 0 Å². The molecule has 138 valence electrons. The average molecular weight is 442 g/mol. The average Bonchev–Trinajstić information content (AvgIpc) is 3.09. The second-order valence-electron chi connectivity index (χ2n) is 6.57. The molecular formula is C21H20BrN3OS. The van der Waals surface area contributed by atoms with Crippen LogP contribution in [0.1, 0.15) is 10.6 Å². The van der Waals surface area contributed by atoms with Gasteiger partial charge in [-0.3, -0.25) is 9.69 Å². The summed E-state index contributed by atoms with van der Waals surface area (Å²) in [5, 5.41) is 1.14. The second kappa shape index (κ2) is 8.33. The van der Waals surface area contributed by atoms with Gasteiger partial charge in [0, 0.05) is 36.7 Å². The Morgan fingerprint density at radius 2 is 1.93 bits per heavy atom. The van der Waals surface area contributed by atoms with Gasteiger partial charge in [-0.1, -0.05) is 40.2 Å². The Bertz CT molecular complexity index is 943. The number of para-hydroxylation sites is 1. The van der Waals surface area contributed by atoms with Crippen LogP contribution in [-0.4, -0.2) is 46.9 Å². The van der Waals surface area contributed by atoms with Crippen molar-refractivity contribution >= 4 is 49.5 Å². The van der Waals surface area contributed by atoms with E-state index in [0.29, 0.717) is 0 Å². The number of nitrogens with zero attached hydrogens (tertiary/aromatic N) is 3. The lowest BCUT2D eigenvalue weighted by Crippen LogP contribution is -2.47. The summed E-state index contributed by atoms with van der Waals surface area (Å²) in [6, 6.07) is 16.2. The summed E-state index contributed by atoms with van der Waals surface area (Å²) in [4.78, 5) is 21.4. The molecule has 6 heteroatoms. The van der Waals surface area contributed by atoms with E-state index < -0.39 is 0 Å². The van der Waals surface area contributed by atoms with Crippen molar-refractivity contribution in [2.45, 2.75) is 6.54 Å². The lowest BCUT2D eigenvalue weighted by atomic mass is 10.2. The van der Waals surface area contributed by atoms with Gasteiger partial charge in [-0.15, -0.1) is 11.3 Å². The molecule has 0 spiro atoms. The molecule has 1 amide bonds. The first-order valence-corrected chi connectivity index (χ1v) is 10.6. The molecule has 0 radical (unpaired) electrons. The minimum atomic E-state index is 0.0783. The zero-order valence-electron chi connectivity index (χ0n) is 14.8. The molecule has 3 aromatic rings. The van der Waals surface area contributed by atoms with Gasteiger partial charge >= 0.3 is 0 Å². The maximum absolute atomic E-state index is 12.4. The molecule has 2 heterocycles. The van der Waals surface area contributed by atoms with Crippen LogP contribution in [0.25, 0.3) is 16.3 Å². The standard InChI is InChI=1S/C21H20BrN3OS/c22-17-5-3-4-16(14-17)8-9-21(26)25-12-10-24(11-13-25)15-20-23-18-6-1-2-7-19(18)27-20/h1-9,14H,10-13,15H2/b9-8+. The summed E-state index contributed by atoms with van der Waals surface area (Å²) >= 11 is 5.21. The van der Waals surface area contributed by atoms with Crippen LogP contribution in [0.5, 0.6) is 0 Å². The first kappa shape index (κ1) is 18.3. The van der Waals surface area contributed by atoms with Gasteiger partial charge in [0.1, 0.15) is 5.01 Å². The van der Waals surface area contributed by atoms with Crippen LogP contribution in [0.15, 0.2) is 59.1 Å². The zero-order valence-corrected chi connectivity index (χ0v) is 17.2. The van der Waals surface area contributed by atoms with Gasteiger partial charge in [-0.05, 0) is 35.9 Å². The Kier molecular flexibility index (Phi) is 5.66. The molecule has 2 aromatic carbocycles. The third-order valence-electron chi connectivity index (χ3n) is 4.65. The van der Waals surface area contributed by atoms with Crippen LogP contribution in [-0.2, 0) is 11.3 Å². The minimum absolute atomic E-state index is 0.0783. The third-order valence-corrected chi connectivity index (χ3v) is 6.16. The van der Waals surface area contributed by atoms with Crippen LogP contribution in [0.4, 0.5) is 0 Å². The number of halogens is 1. The summed E-state index contributed by atoms with van der Waals surface area (Å²) in [6.07, 6.45) is 3.55. The zero-order chi connectivity index (χ0) is 18.6. The highest BCUT2D eigenvalue weighted by Gasteiger charge is 2.20. The molecule has 0 atom stereocenters. The maximum atomic E-state index is 12.4. The Balaban J connectivity index is 1.31. The molecule has 1 aliphatic heterocycles. The van der Waals surface area contributed by atoms with Crippen molar-refractivity contribution < 1.29 is 4.79 Å². The highest BCUT2D eigenvalue weighted by Crippen LogP contribution is 2.23. The lowest BCUT2D eigenvalue weighted by molar-refractivity contribution is -0.127. The molecule has 1 aliphatic rings. The highest BCUT2D eigenvalue weighted by atomic mass is 79.9. The monoisotopic (exact) mass is 441 g/mol. The van der Waals surface area contributed by atoms with Gasteiger partial charge in [0.05, 0.1) is 16.8 Å². The molecule has 1 aromatic heterocycles. The van der Waals surface area contributed by atoms with Crippen molar-refractivity contribution in [3.8, 4) is 0 Å². The van der Waals surface area contributed by atoms with E-state index in [1.54, 1.807) is 17.4 Å². The number of amides is 1. The van der Waals surface area contributed by atoms with Crippen molar-refractivity contribution in [3.05, 3.63) is 69.7 Å². The summed E-state index contributed by atoms with van der Waals surface area (Å²) < 4.78 is 2.25. The predicted molar refractivity (Wildman–Crippen MR) is 115 cm³/mol. The number of rotatable bonds is 4. The number of fused-ring (bicyclic) bond motifs is 1. The summed E-state index contributed by atoms with van der Waals surface area (Å²) in [7, 11) is 0. The fraction of sp³-hybridized carbons (Fsp3) is 0.238. The van der Waals surface area contributed by atoms with Crippen molar-refractivity contribution in [1.82, 2.24) is 14.8 Å². The Hall–Kier alpha value is -2.02. The number of carbonyl (C=O) groups excluding carboxylic acids is 1. The van der Waals surface area contributed by atoms with Gasteiger partial charge in [0.2, 0.25) is 5.91 Å². The third kappa shape index (κ3) is 4.64. The van der Waals surface area contributed by atoms with E-state index in [1.165, 1.54) is 4.70 Å². The van der Waals surface area contributed by atoms with Crippen molar-refractivity contribution in [3.63, 3.8) is 0 Å². The van der Waals surface area contributed by atoms with Gasteiger partial charge in [-0.2, -0.15) is 0 Å². The largest absolute Gasteiger partial charge is 0.337 e. The van der Waals surface area contributed by atoms with E-state index in [-0.39, 0.29) is 5.91 Å². The number of hydrogen-bond acceptors (Lipinski definition) is 4. The van der Waals surface area contributed by atoms with E-state index in [2.05, 4.69) is 39.0 Å². The van der Waals surface area contributed by atoms with E-state index in [1.807, 2.05) is 41.3 Å². The van der Waals surface area contributed by atoms with Crippen LogP contribution in [0, 0.1) is 0 Å². The van der Waals surface area contributed by atoms with Crippen molar-refractivity contribution in [2.75, 3.05) is 26.2 Å². The van der Waals surface area contributed by atoms with Crippen LogP contribution in [0.2, 0.25) is 0 Å². The normalized spacial score (nSPS) is 15.7. The Labute approximate surface area is 171 Å². The first-order valence-electron chi connectivity index (χ1n) is 8.97. The smallest absolute Gasteiger partial charge is 0.246 e. The number of thiazole rings is 1. The SMILES string of the molecule is O=C(/C=C/c1cccc(Br)c1)N1CCN(Cc2nc3ccccc3s2)CC1. The maximum Gasteiger partial charge on any atom is 0.246 e. The van der Waals surface area contributed by atoms with Crippen LogP contribution in [0.3, 0.4) is 0 Å². The van der Waals surface area contributed by atoms with Gasteiger partial charge in [0.15, 0.2) is 0 Å².